The molecule has 0 aliphatic carbocycles. The first-order chi connectivity index (χ1) is 15.8. The number of amides is 2. The van der Waals surface area contributed by atoms with E-state index in [1.54, 1.807) is 35.0 Å². The van der Waals surface area contributed by atoms with Crippen LogP contribution in [0.25, 0.3) is 0 Å². The second kappa shape index (κ2) is 10.1. The second-order valence-electron chi connectivity index (χ2n) is 8.63. The van der Waals surface area contributed by atoms with E-state index in [-0.39, 0.29) is 24.0 Å². The zero-order chi connectivity index (χ0) is 23.5. The molecule has 176 valence electrons. The van der Waals surface area contributed by atoms with Crippen LogP contribution in [0, 0.1) is 11.8 Å². The minimum Gasteiger partial charge on any atom is -0.409 e. The molecule has 2 aliphatic heterocycles. The number of piperidine rings is 1. The highest BCUT2D eigenvalue weighted by molar-refractivity contribution is 7.99. The van der Waals surface area contributed by atoms with Crippen LogP contribution in [0.5, 0.6) is 5.75 Å². The largest absolute Gasteiger partial charge is 0.415 e. The molecule has 2 aromatic heterocycles. The van der Waals surface area contributed by atoms with Crippen LogP contribution >= 0.6 is 24.0 Å². The van der Waals surface area contributed by atoms with E-state index in [2.05, 4.69) is 15.3 Å². The van der Waals surface area contributed by atoms with Gasteiger partial charge >= 0.3 is 6.09 Å². The zero-order valence-corrected chi connectivity index (χ0v) is 20.6. The van der Waals surface area contributed by atoms with E-state index in [0.717, 1.165) is 23.8 Å². The lowest BCUT2D eigenvalue weighted by Crippen LogP contribution is -2.40. The Morgan fingerprint density at radius 1 is 1.30 bits per heavy atom. The topological polar surface area (TPSA) is 92.6 Å². The minimum atomic E-state index is -0.380. The van der Waals surface area contributed by atoms with Gasteiger partial charge in [-0.3, -0.25) is 4.79 Å². The van der Waals surface area contributed by atoms with Crippen LogP contribution in [0.15, 0.2) is 35.9 Å². The van der Waals surface area contributed by atoms with Gasteiger partial charge in [-0.15, -0.1) is 0 Å². The predicted molar refractivity (Wildman–Crippen MR) is 130 cm³/mol. The number of pyridine rings is 1. The van der Waals surface area contributed by atoms with Gasteiger partial charge in [0.1, 0.15) is 11.9 Å². The first kappa shape index (κ1) is 23.5. The van der Waals surface area contributed by atoms with Crippen LogP contribution in [0.4, 0.5) is 10.6 Å². The Labute approximate surface area is 202 Å². The molecule has 2 saturated heterocycles. The standard InChI is InChI=1S/C22H28N6O3S2/c1-14(2)18-19(29)28(20(32)25-18)17-5-4-16(12-24-17)31-22(30)27-9-6-15(7-10-27)13-33-21-23-8-11-26(21)3/h4-5,8,11-12,14-15,18H,6-7,9-10,13H2,1-3H3,(H,25,32). The number of hydrogen-bond acceptors (Lipinski definition) is 7. The number of likely N-dealkylation sites (tertiary alicyclic amines) is 1. The molecule has 4 heterocycles. The lowest BCUT2D eigenvalue weighted by atomic mass is 9.99. The molecule has 11 heteroatoms. The first-order valence-electron chi connectivity index (χ1n) is 11.0. The average Bonchev–Trinajstić information content (AvgIpc) is 3.35. The number of nitrogens with one attached hydrogen (secondary N) is 1. The van der Waals surface area contributed by atoms with Gasteiger partial charge in [-0.1, -0.05) is 25.6 Å². The molecule has 0 aromatic carbocycles. The molecule has 0 radical (unpaired) electrons. The number of anilines is 1. The van der Waals surface area contributed by atoms with Crippen LogP contribution in [0.1, 0.15) is 26.7 Å². The molecule has 0 spiro atoms. The summed E-state index contributed by atoms with van der Waals surface area (Å²) in [4.78, 5) is 37.0. The van der Waals surface area contributed by atoms with Crippen molar-refractivity contribution in [1.82, 2.24) is 24.8 Å². The molecular formula is C22H28N6O3S2. The van der Waals surface area contributed by atoms with Gasteiger partial charge in [-0.05, 0) is 49.0 Å². The number of nitrogens with zero attached hydrogens (tertiary/aromatic N) is 5. The van der Waals surface area contributed by atoms with Gasteiger partial charge in [0.05, 0.1) is 6.20 Å². The molecule has 33 heavy (non-hydrogen) atoms. The second-order valence-corrected chi connectivity index (χ2v) is 10.0. The van der Waals surface area contributed by atoms with Crippen molar-refractivity contribution in [2.75, 3.05) is 23.7 Å². The third kappa shape index (κ3) is 5.30. The highest BCUT2D eigenvalue weighted by Crippen LogP contribution is 2.26. The number of ether oxygens (including phenoxy) is 1. The maximum atomic E-state index is 12.6. The van der Waals surface area contributed by atoms with Gasteiger partial charge in [0.25, 0.3) is 5.91 Å². The molecular weight excluding hydrogens is 460 g/mol. The Balaban J connectivity index is 1.27. The number of aromatic nitrogens is 3. The van der Waals surface area contributed by atoms with E-state index in [9.17, 15) is 9.59 Å². The van der Waals surface area contributed by atoms with Gasteiger partial charge in [-0.25, -0.2) is 19.7 Å². The van der Waals surface area contributed by atoms with Crippen molar-refractivity contribution in [3.05, 3.63) is 30.7 Å². The highest BCUT2D eigenvalue weighted by Gasteiger charge is 2.38. The number of carbonyl (C=O) groups excluding carboxylic acids is 2. The van der Waals surface area contributed by atoms with E-state index < -0.39 is 0 Å². The Kier molecular flexibility index (Phi) is 7.18. The molecule has 2 aliphatic rings. The predicted octanol–water partition coefficient (Wildman–Crippen LogP) is 3.06. The van der Waals surface area contributed by atoms with Gasteiger partial charge in [0.15, 0.2) is 16.0 Å². The van der Waals surface area contributed by atoms with Crippen LogP contribution in [0.3, 0.4) is 0 Å². The van der Waals surface area contributed by atoms with Gasteiger partial charge in [-0.2, -0.15) is 0 Å². The maximum absolute atomic E-state index is 12.6. The molecule has 1 atom stereocenters. The third-order valence-electron chi connectivity index (χ3n) is 5.89. The summed E-state index contributed by atoms with van der Waals surface area (Å²) in [5, 5.41) is 4.38. The normalized spacial score (nSPS) is 19.3. The number of thioether (sulfide) groups is 1. The Morgan fingerprint density at radius 2 is 2.06 bits per heavy atom. The zero-order valence-electron chi connectivity index (χ0n) is 18.9. The molecule has 2 amide bonds. The van der Waals surface area contributed by atoms with Crippen molar-refractivity contribution in [3.63, 3.8) is 0 Å². The van der Waals surface area contributed by atoms with E-state index in [0.29, 0.717) is 35.7 Å². The van der Waals surface area contributed by atoms with Crippen molar-refractivity contribution in [3.8, 4) is 5.75 Å². The lowest BCUT2D eigenvalue weighted by Gasteiger charge is -2.31. The van der Waals surface area contributed by atoms with Crippen LogP contribution in [-0.4, -0.2) is 61.4 Å². The lowest BCUT2D eigenvalue weighted by molar-refractivity contribution is -0.119. The minimum absolute atomic E-state index is 0.109. The molecule has 1 N–H and O–H groups in total. The third-order valence-corrected chi connectivity index (χ3v) is 7.48. The Hall–Kier alpha value is -2.66. The summed E-state index contributed by atoms with van der Waals surface area (Å²) in [5.41, 5.74) is 0. The van der Waals surface area contributed by atoms with Gasteiger partial charge in [0.2, 0.25) is 0 Å². The number of imidazole rings is 1. The maximum Gasteiger partial charge on any atom is 0.415 e. The quantitative estimate of drug-likeness (QED) is 0.490. The summed E-state index contributed by atoms with van der Waals surface area (Å²) in [6.07, 6.45) is 6.68. The highest BCUT2D eigenvalue weighted by atomic mass is 32.2. The fourth-order valence-electron chi connectivity index (χ4n) is 3.86. The van der Waals surface area contributed by atoms with Gasteiger partial charge < -0.3 is 19.5 Å². The summed E-state index contributed by atoms with van der Waals surface area (Å²) in [6, 6.07) is 2.91. The Bertz CT molecular complexity index is 1020. The number of hydrogen-bond donors (Lipinski definition) is 1. The summed E-state index contributed by atoms with van der Waals surface area (Å²) in [7, 11) is 1.99. The summed E-state index contributed by atoms with van der Waals surface area (Å²) in [6.45, 7) is 5.24. The summed E-state index contributed by atoms with van der Waals surface area (Å²) in [5.74, 6) is 2.26. The van der Waals surface area contributed by atoms with Crippen LogP contribution in [-0.2, 0) is 11.8 Å². The number of thiocarbonyl (C=S) groups is 1. The van der Waals surface area contributed by atoms with Crippen LogP contribution in [0.2, 0.25) is 0 Å². The van der Waals surface area contributed by atoms with E-state index >= 15 is 0 Å². The summed E-state index contributed by atoms with van der Waals surface area (Å²) < 4.78 is 7.53. The Morgan fingerprint density at radius 3 is 2.64 bits per heavy atom. The summed E-state index contributed by atoms with van der Waals surface area (Å²) >= 11 is 7.05. The number of aryl methyl sites for hydroxylation is 1. The fourth-order valence-corrected chi connectivity index (χ4v) is 5.29. The van der Waals surface area contributed by atoms with E-state index in [1.165, 1.54) is 11.1 Å². The molecule has 4 rings (SSSR count). The molecule has 9 nitrogen and oxygen atoms in total. The first-order valence-corrected chi connectivity index (χ1v) is 12.4. The van der Waals surface area contributed by atoms with E-state index in [4.69, 9.17) is 17.0 Å². The molecule has 0 bridgehead atoms. The molecule has 2 aromatic rings. The molecule has 1 unspecified atom stereocenters. The average molecular weight is 489 g/mol. The van der Waals surface area contributed by atoms with Crippen molar-refractivity contribution < 1.29 is 14.3 Å². The van der Waals surface area contributed by atoms with E-state index in [1.807, 2.05) is 31.7 Å². The van der Waals surface area contributed by atoms with Crippen molar-refractivity contribution in [1.29, 1.82) is 0 Å². The number of carbonyl (C=O) groups is 2. The number of rotatable bonds is 6. The van der Waals surface area contributed by atoms with Crippen molar-refractivity contribution in [2.24, 2.45) is 18.9 Å². The van der Waals surface area contributed by atoms with Crippen molar-refractivity contribution >= 4 is 46.9 Å². The fraction of sp³-hybridized carbons (Fsp3) is 0.500. The SMILES string of the molecule is CC(C)C1NC(=S)N(c2ccc(OC(=O)N3CCC(CSc4nccn4C)CC3)cn2)C1=O. The van der Waals surface area contributed by atoms with Gasteiger partial charge in [0, 0.05) is 38.3 Å². The van der Waals surface area contributed by atoms with Crippen molar-refractivity contribution in [2.45, 2.75) is 37.9 Å². The smallest absolute Gasteiger partial charge is 0.409 e. The van der Waals surface area contributed by atoms with Crippen LogP contribution < -0.4 is 15.0 Å². The molecule has 0 saturated carbocycles. The monoisotopic (exact) mass is 488 g/mol. The molecule has 2 fully saturated rings.